The van der Waals surface area contributed by atoms with E-state index >= 15 is 0 Å². The summed E-state index contributed by atoms with van der Waals surface area (Å²) in [6.07, 6.45) is 3.46. The summed E-state index contributed by atoms with van der Waals surface area (Å²) in [7, 11) is -1.77. The molecule has 0 aromatic heterocycles. The van der Waals surface area contributed by atoms with Crippen LogP contribution in [-0.4, -0.2) is 95.9 Å². The number of amides is 2. The zero-order valence-electron chi connectivity index (χ0n) is 21.6. The maximum absolute atomic E-state index is 13.4. The fraction of sp³-hybridized carbons (Fsp3) is 0.577. The van der Waals surface area contributed by atoms with Gasteiger partial charge in [0.2, 0.25) is 0 Å². The Balaban J connectivity index is 1.61. The summed E-state index contributed by atoms with van der Waals surface area (Å²) in [5.74, 6) is -1.32. The number of piperidine rings is 1. The molecule has 200 valence electrons. The van der Waals surface area contributed by atoms with Crippen LogP contribution in [0.4, 0.5) is 4.79 Å². The second kappa shape index (κ2) is 13.6. The van der Waals surface area contributed by atoms with Crippen molar-refractivity contribution in [2.24, 2.45) is 0 Å². The van der Waals surface area contributed by atoms with E-state index in [0.717, 1.165) is 31.5 Å². The number of carbonyl (C=O) groups excluding carboxylic acids is 2. The molecule has 0 spiro atoms. The number of benzene rings is 1. The largest absolute Gasteiger partial charge is 0.475 e. The molecule has 0 bridgehead atoms. The molecule has 2 fully saturated rings. The van der Waals surface area contributed by atoms with Crippen LogP contribution in [0.25, 0.3) is 0 Å². The SMILES string of the molecule is CC(C)(C=C(C#N)C(=O)N1CCCC[C@@H]1COC(=O)NC(Cc1ccccc1)B(O)O)N1CCOCC1. The molecule has 10 nitrogen and oxygen atoms in total. The third-order valence-electron chi connectivity index (χ3n) is 6.93. The maximum atomic E-state index is 13.4. The predicted molar refractivity (Wildman–Crippen MR) is 138 cm³/mol. The van der Waals surface area contributed by atoms with E-state index in [1.54, 1.807) is 11.0 Å². The van der Waals surface area contributed by atoms with Crippen molar-refractivity contribution in [3.63, 3.8) is 0 Å². The highest BCUT2D eigenvalue weighted by atomic mass is 16.5. The highest BCUT2D eigenvalue weighted by Gasteiger charge is 2.33. The number of carbonyl (C=O) groups is 2. The van der Waals surface area contributed by atoms with Crippen LogP contribution >= 0.6 is 0 Å². The normalized spacial score (nSPS) is 20.0. The van der Waals surface area contributed by atoms with Crippen molar-refractivity contribution >= 4 is 19.1 Å². The number of alkyl carbamates (subject to hydrolysis) is 1. The molecule has 2 aliphatic rings. The topological polar surface area (TPSA) is 135 Å². The van der Waals surface area contributed by atoms with E-state index in [9.17, 15) is 24.9 Å². The number of morpholine rings is 1. The Hall–Kier alpha value is -2.91. The van der Waals surface area contributed by atoms with E-state index in [0.29, 0.717) is 26.2 Å². The van der Waals surface area contributed by atoms with Crippen molar-refractivity contribution in [2.45, 2.75) is 57.1 Å². The van der Waals surface area contributed by atoms with E-state index in [1.165, 1.54) is 0 Å². The first-order valence-corrected chi connectivity index (χ1v) is 12.8. The molecule has 2 atom stereocenters. The van der Waals surface area contributed by atoms with Crippen molar-refractivity contribution in [3.05, 3.63) is 47.5 Å². The zero-order valence-corrected chi connectivity index (χ0v) is 21.6. The number of hydrogen-bond acceptors (Lipinski definition) is 8. The predicted octanol–water partition coefficient (Wildman–Crippen LogP) is 1.28. The Morgan fingerprint density at radius 1 is 1.24 bits per heavy atom. The molecular weight excluding hydrogens is 475 g/mol. The molecule has 3 rings (SSSR count). The summed E-state index contributed by atoms with van der Waals surface area (Å²) in [5.41, 5.74) is 0.408. The Labute approximate surface area is 219 Å². The van der Waals surface area contributed by atoms with Gasteiger partial charge in [-0.15, -0.1) is 0 Å². The van der Waals surface area contributed by atoms with Crippen molar-refractivity contribution in [3.8, 4) is 6.07 Å². The minimum atomic E-state index is -1.77. The fourth-order valence-corrected chi connectivity index (χ4v) is 4.79. The third-order valence-corrected chi connectivity index (χ3v) is 6.93. The molecule has 3 N–H and O–H groups in total. The Bertz CT molecular complexity index is 975. The highest BCUT2D eigenvalue weighted by Crippen LogP contribution is 2.23. The molecule has 2 heterocycles. The Kier molecular flexibility index (Phi) is 10.5. The average Bonchev–Trinajstić information content (AvgIpc) is 2.91. The van der Waals surface area contributed by atoms with Crippen molar-refractivity contribution < 1.29 is 29.1 Å². The lowest BCUT2D eigenvalue weighted by Gasteiger charge is -2.39. The summed E-state index contributed by atoms with van der Waals surface area (Å²) in [6.45, 7) is 7.04. The molecule has 37 heavy (non-hydrogen) atoms. The van der Waals surface area contributed by atoms with Crippen LogP contribution in [0.1, 0.15) is 38.7 Å². The lowest BCUT2D eigenvalue weighted by molar-refractivity contribution is -0.131. The molecular formula is C26H37BN4O6. The van der Waals surface area contributed by atoms with Gasteiger partial charge in [-0.25, -0.2) is 4.79 Å². The van der Waals surface area contributed by atoms with Gasteiger partial charge in [0.1, 0.15) is 18.2 Å². The van der Waals surface area contributed by atoms with Gasteiger partial charge in [-0.3, -0.25) is 9.69 Å². The standard InChI is InChI=1S/C26H37BN4O6/c1-26(2,30-12-14-36-15-13-30)17-21(18-28)24(32)31-11-7-6-10-22(31)19-37-25(33)29-23(27(34)35)16-20-8-4-3-5-9-20/h3-5,8-9,17,22-23,34-35H,6-7,10-16,19H2,1-2H3,(H,29,33)/t22-,23?/m1/s1. The summed E-state index contributed by atoms with van der Waals surface area (Å²) in [6, 6.07) is 10.9. The van der Waals surface area contributed by atoms with Crippen LogP contribution in [0.5, 0.6) is 0 Å². The average molecular weight is 512 g/mol. The number of ether oxygens (including phenoxy) is 2. The van der Waals surface area contributed by atoms with Crippen LogP contribution < -0.4 is 5.32 Å². The van der Waals surface area contributed by atoms with E-state index in [2.05, 4.69) is 16.3 Å². The zero-order chi connectivity index (χ0) is 26.8. The van der Waals surface area contributed by atoms with Crippen LogP contribution in [0, 0.1) is 11.3 Å². The smallest absolute Gasteiger partial charge is 0.447 e. The van der Waals surface area contributed by atoms with Gasteiger partial charge in [-0.1, -0.05) is 30.3 Å². The molecule has 1 unspecified atom stereocenters. The number of rotatable bonds is 9. The molecule has 0 saturated carbocycles. The number of hydrogen-bond donors (Lipinski definition) is 3. The summed E-state index contributed by atoms with van der Waals surface area (Å²) in [5, 5.41) is 31.7. The van der Waals surface area contributed by atoms with E-state index in [1.807, 2.05) is 44.2 Å². The van der Waals surface area contributed by atoms with Crippen LogP contribution in [0.15, 0.2) is 42.0 Å². The molecule has 2 saturated heterocycles. The van der Waals surface area contributed by atoms with Gasteiger partial charge < -0.3 is 29.7 Å². The molecule has 0 radical (unpaired) electrons. The van der Waals surface area contributed by atoms with Crippen LogP contribution in [-0.2, 0) is 20.7 Å². The minimum absolute atomic E-state index is 0.0529. The fourth-order valence-electron chi connectivity index (χ4n) is 4.79. The molecule has 2 aliphatic heterocycles. The molecule has 1 aromatic carbocycles. The maximum Gasteiger partial charge on any atom is 0.475 e. The van der Waals surface area contributed by atoms with Gasteiger partial charge in [-0.05, 0) is 51.2 Å². The molecule has 11 heteroatoms. The van der Waals surface area contributed by atoms with Crippen LogP contribution in [0.3, 0.4) is 0 Å². The van der Waals surface area contributed by atoms with Crippen molar-refractivity contribution in [1.29, 1.82) is 5.26 Å². The second-order valence-electron chi connectivity index (χ2n) is 10.0. The van der Waals surface area contributed by atoms with Crippen molar-refractivity contribution in [2.75, 3.05) is 39.5 Å². The van der Waals surface area contributed by atoms with Gasteiger partial charge >= 0.3 is 13.2 Å². The monoisotopic (exact) mass is 512 g/mol. The van der Waals surface area contributed by atoms with Crippen LogP contribution in [0.2, 0.25) is 0 Å². The number of nitrogens with one attached hydrogen (secondary N) is 1. The minimum Gasteiger partial charge on any atom is -0.447 e. The first-order chi connectivity index (χ1) is 17.7. The lowest BCUT2D eigenvalue weighted by atomic mass is 9.76. The number of nitrogens with zero attached hydrogens (tertiary/aromatic N) is 3. The van der Waals surface area contributed by atoms with Gasteiger partial charge in [-0.2, -0.15) is 5.26 Å². The van der Waals surface area contributed by atoms with Gasteiger partial charge in [0.05, 0.1) is 25.2 Å². The highest BCUT2D eigenvalue weighted by molar-refractivity contribution is 6.43. The van der Waals surface area contributed by atoms with Gasteiger partial charge in [0.25, 0.3) is 5.91 Å². The summed E-state index contributed by atoms with van der Waals surface area (Å²) >= 11 is 0. The summed E-state index contributed by atoms with van der Waals surface area (Å²) < 4.78 is 10.8. The first-order valence-electron chi connectivity index (χ1n) is 12.8. The van der Waals surface area contributed by atoms with E-state index in [4.69, 9.17) is 9.47 Å². The Morgan fingerprint density at radius 3 is 2.59 bits per heavy atom. The lowest BCUT2D eigenvalue weighted by Crippen LogP contribution is -2.51. The quantitative estimate of drug-likeness (QED) is 0.256. The number of likely N-dealkylation sites (tertiary alicyclic amines) is 1. The third kappa shape index (κ3) is 8.30. The van der Waals surface area contributed by atoms with E-state index < -0.39 is 24.7 Å². The molecule has 1 aromatic rings. The summed E-state index contributed by atoms with van der Waals surface area (Å²) in [4.78, 5) is 29.7. The van der Waals surface area contributed by atoms with Gasteiger partial charge in [0.15, 0.2) is 0 Å². The van der Waals surface area contributed by atoms with E-state index in [-0.39, 0.29) is 30.5 Å². The first kappa shape index (κ1) is 28.7. The van der Waals surface area contributed by atoms with Gasteiger partial charge in [0, 0.05) is 25.2 Å². The Morgan fingerprint density at radius 2 is 1.95 bits per heavy atom. The molecule has 2 amide bonds. The molecule has 0 aliphatic carbocycles. The second-order valence-corrected chi connectivity index (χ2v) is 10.0. The number of nitriles is 1. The van der Waals surface area contributed by atoms with Crippen molar-refractivity contribution in [1.82, 2.24) is 15.1 Å².